The van der Waals surface area contributed by atoms with Gasteiger partial charge in [0.25, 0.3) is 0 Å². The summed E-state index contributed by atoms with van der Waals surface area (Å²) < 4.78 is 11.4. The minimum absolute atomic E-state index is 0.0461. The Balaban J connectivity index is 0.000000232. The van der Waals surface area contributed by atoms with Crippen LogP contribution in [0.2, 0.25) is 0 Å². The molecule has 0 radical (unpaired) electrons. The number of hydrogen-bond acceptors (Lipinski definition) is 12. The van der Waals surface area contributed by atoms with Crippen molar-refractivity contribution >= 4 is 17.5 Å². The van der Waals surface area contributed by atoms with Crippen LogP contribution in [0.4, 0.5) is 0 Å². The van der Waals surface area contributed by atoms with Crippen LogP contribution in [0.25, 0.3) is 0 Å². The highest BCUT2D eigenvalue weighted by molar-refractivity contribution is 6.18. The van der Waals surface area contributed by atoms with Crippen molar-refractivity contribution in [2.75, 3.05) is 0 Å². The van der Waals surface area contributed by atoms with Crippen molar-refractivity contribution < 1.29 is 59.6 Å². The van der Waals surface area contributed by atoms with E-state index in [-0.39, 0.29) is 58.0 Å². The molecule has 4 aromatic rings. The molecule has 0 amide bonds. The maximum Gasteiger partial charge on any atom is 0.338 e. The largest absolute Gasteiger partial charge is 0.508 e. The Morgan fingerprint density at radius 2 is 1.51 bits per heavy atom. The summed E-state index contributed by atoms with van der Waals surface area (Å²) in [4.78, 5) is 35.8. The van der Waals surface area contributed by atoms with E-state index in [1.54, 1.807) is 6.08 Å². The maximum atomic E-state index is 12.7. The molecule has 250 valence electrons. The first kappa shape index (κ1) is 33.7. The second-order valence-corrected chi connectivity index (χ2v) is 11.1. The molecule has 4 aromatic carbocycles. The van der Waals surface area contributed by atoms with E-state index in [1.165, 1.54) is 42.5 Å². The van der Waals surface area contributed by atoms with E-state index in [4.69, 9.17) is 9.47 Å². The van der Waals surface area contributed by atoms with Crippen molar-refractivity contribution in [3.8, 4) is 46.0 Å². The summed E-state index contributed by atoms with van der Waals surface area (Å²) >= 11 is 0. The number of rotatable bonds is 6. The molecule has 6 rings (SSSR count). The molecule has 1 heterocycles. The third-order valence-electron chi connectivity index (χ3n) is 7.77. The van der Waals surface area contributed by atoms with Gasteiger partial charge in [0.2, 0.25) is 0 Å². The van der Waals surface area contributed by atoms with E-state index in [1.807, 2.05) is 30.3 Å². The van der Waals surface area contributed by atoms with Crippen LogP contribution < -0.4 is 4.74 Å². The molecule has 12 nitrogen and oxygen atoms in total. The number of fused-ring (bicyclic) bond motifs is 1. The zero-order valence-corrected chi connectivity index (χ0v) is 25.6. The summed E-state index contributed by atoms with van der Waals surface area (Å²) in [6.07, 6.45) is 3.56. The number of hydrogen-bond donors (Lipinski definition) is 7. The number of benzene rings is 4. The minimum atomic E-state index is -1.06. The molecular weight excluding hydrogens is 636 g/mol. The number of carbonyl (C=O) groups is 3. The van der Waals surface area contributed by atoms with Crippen LogP contribution in [0.5, 0.6) is 46.0 Å². The van der Waals surface area contributed by atoms with Gasteiger partial charge in [0.05, 0.1) is 5.56 Å². The smallest absolute Gasteiger partial charge is 0.338 e. The molecule has 3 atom stereocenters. The molecule has 2 aliphatic rings. The summed E-state index contributed by atoms with van der Waals surface area (Å²) in [6, 6.07) is 17.6. The van der Waals surface area contributed by atoms with Crippen LogP contribution in [0.3, 0.4) is 0 Å². The van der Waals surface area contributed by atoms with Gasteiger partial charge < -0.3 is 45.2 Å². The van der Waals surface area contributed by atoms with E-state index in [0.717, 1.165) is 23.8 Å². The van der Waals surface area contributed by atoms with Crippen LogP contribution >= 0.6 is 0 Å². The Morgan fingerprint density at radius 3 is 2.16 bits per heavy atom. The Labute approximate surface area is 279 Å². The summed E-state index contributed by atoms with van der Waals surface area (Å²) in [5.41, 5.74) is 1.77. The van der Waals surface area contributed by atoms with Gasteiger partial charge >= 0.3 is 5.97 Å². The fourth-order valence-corrected chi connectivity index (χ4v) is 5.35. The lowest BCUT2D eigenvalue weighted by atomic mass is 9.86. The van der Waals surface area contributed by atoms with Gasteiger partial charge in [-0.05, 0) is 48.1 Å². The fraction of sp³-hybridized carbons (Fsp3) is 0.108. The van der Waals surface area contributed by atoms with Crippen molar-refractivity contribution in [1.29, 1.82) is 0 Å². The van der Waals surface area contributed by atoms with Crippen LogP contribution in [0.15, 0.2) is 109 Å². The summed E-state index contributed by atoms with van der Waals surface area (Å²) in [5, 5.41) is 68.2. The van der Waals surface area contributed by atoms with Gasteiger partial charge in [-0.3, -0.25) is 9.59 Å². The quantitative estimate of drug-likeness (QED) is 0.0619. The Hall–Kier alpha value is -6.69. The maximum absolute atomic E-state index is 12.7. The van der Waals surface area contributed by atoms with E-state index in [0.29, 0.717) is 11.1 Å². The molecule has 12 heteroatoms. The van der Waals surface area contributed by atoms with Gasteiger partial charge in [-0.25, -0.2) is 4.79 Å². The number of phenolic OH excluding ortho intramolecular Hbond substituents is 7. The number of phenols is 7. The first-order valence-electron chi connectivity index (χ1n) is 14.7. The third-order valence-corrected chi connectivity index (χ3v) is 7.77. The van der Waals surface area contributed by atoms with Gasteiger partial charge in [-0.2, -0.15) is 0 Å². The van der Waals surface area contributed by atoms with Crippen molar-refractivity contribution in [2.45, 2.75) is 24.5 Å². The number of esters is 1. The molecule has 0 saturated heterocycles. The SMILES string of the molecule is C=CC(C1=CC(=O)C=CC1=O)c1ccccc1.O=C(OC1Cc2c(O)cc(O)cc2OC1c1ccc(O)c(O)c1)c1cc(O)c(O)c(O)c1. The number of ketones is 2. The van der Waals surface area contributed by atoms with Gasteiger partial charge in [-0.15, -0.1) is 6.58 Å². The monoisotopic (exact) mass is 666 g/mol. The highest BCUT2D eigenvalue weighted by atomic mass is 16.6. The van der Waals surface area contributed by atoms with Crippen LogP contribution in [0, 0.1) is 0 Å². The Morgan fingerprint density at radius 1 is 0.816 bits per heavy atom. The predicted molar refractivity (Wildman–Crippen MR) is 174 cm³/mol. The predicted octanol–water partition coefficient (Wildman–Crippen LogP) is 5.12. The van der Waals surface area contributed by atoms with E-state index in [2.05, 4.69) is 6.58 Å². The third kappa shape index (κ3) is 7.33. The summed E-state index contributed by atoms with van der Waals surface area (Å²) in [5.74, 6) is -4.93. The molecule has 3 unspecified atom stereocenters. The molecule has 0 saturated carbocycles. The number of allylic oxidation sites excluding steroid dienone is 5. The standard InChI is InChI=1S/C22H18O10.C15H12O2/c23-11-6-14(25)12-8-19(32-22(30)10-4-16(27)20(29)17(28)5-10)21(31-18(12)7-11)9-1-2-13(24)15(26)3-9;1-2-13(11-6-4-3-5-7-11)14-10-12(16)8-9-15(14)17/h1-7,19,21,23-29H,8H2;2-10,13H,1H2. The van der Waals surface area contributed by atoms with E-state index < -0.39 is 41.2 Å². The zero-order valence-electron chi connectivity index (χ0n) is 25.6. The molecule has 1 aliphatic carbocycles. The molecule has 7 N–H and O–H groups in total. The van der Waals surface area contributed by atoms with Crippen molar-refractivity contribution in [3.05, 3.63) is 132 Å². The first-order chi connectivity index (χ1) is 23.4. The minimum Gasteiger partial charge on any atom is -0.508 e. The van der Waals surface area contributed by atoms with Gasteiger partial charge in [0.15, 0.2) is 46.4 Å². The lowest BCUT2D eigenvalue weighted by Crippen LogP contribution is -2.34. The lowest BCUT2D eigenvalue weighted by molar-refractivity contribution is -0.114. The number of aromatic hydroxyl groups is 7. The fourth-order valence-electron chi connectivity index (χ4n) is 5.35. The molecule has 0 spiro atoms. The van der Waals surface area contributed by atoms with Gasteiger partial charge in [0, 0.05) is 41.2 Å². The second-order valence-electron chi connectivity index (χ2n) is 11.1. The second kappa shape index (κ2) is 14.0. The van der Waals surface area contributed by atoms with Gasteiger partial charge in [-0.1, -0.05) is 42.5 Å². The van der Waals surface area contributed by atoms with Crippen molar-refractivity contribution in [3.63, 3.8) is 0 Å². The Kier molecular flexibility index (Phi) is 9.60. The molecule has 0 fully saturated rings. The molecule has 0 aromatic heterocycles. The molecule has 0 bridgehead atoms. The van der Waals surface area contributed by atoms with Gasteiger partial charge in [0.1, 0.15) is 23.4 Å². The average Bonchev–Trinajstić information content (AvgIpc) is 3.07. The normalized spacial score (nSPS) is 17.0. The number of ether oxygens (including phenoxy) is 2. The summed E-state index contributed by atoms with van der Waals surface area (Å²) in [6.45, 7) is 3.74. The highest BCUT2D eigenvalue weighted by Crippen LogP contribution is 2.44. The topological polar surface area (TPSA) is 211 Å². The van der Waals surface area contributed by atoms with E-state index >= 15 is 0 Å². The highest BCUT2D eigenvalue weighted by Gasteiger charge is 2.37. The van der Waals surface area contributed by atoms with E-state index in [9.17, 15) is 50.1 Å². The Bertz CT molecular complexity index is 1990. The van der Waals surface area contributed by atoms with Crippen LogP contribution in [0.1, 0.15) is 39.1 Å². The number of carbonyl (C=O) groups excluding carboxylic acids is 3. The van der Waals surface area contributed by atoms with Crippen LogP contribution in [-0.4, -0.2) is 59.4 Å². The average molecular weight is 667 g/mol. The molecule has 49 heavy (non-hydrogen) atoms. The van der Waals surface area contributed by atoms with Crippen molar-refractivity contribution in [1.82, 2.24) is 0 Å². The lowest BCUT2D eigenvalue weighted by Gasteiger charge is -2.34. The molecule has 1 aliphatic heterocycles. The zero-order chi connectivity index (χ0) is 35.4. The summed E-state index contributed by atoms with van der Waals surface area (Å²) in [7, 11) is 0. The van der Waals surface area contributed by atoms with Crippen molar-refractivity contribution in [2.24, 2.45) is 0 Å². The van der Waals surface area contributed by atoms with Crippen LogP contribution in [-0.2, 0) is 20.7 Å². The molecular formula is C37H30O12. The first-order valence-corrected chi connectivity index (χ1v) is 14.7.